The van der Waals surface area contributed by atoms with Crippen LogP contribution in [0.2, 0.25) is 0 Å². The zero-order valence-electron chi connectivity index (χ0n) is 27.1. The molecule has 0 bridgehead atoms. The van der Waals surface area contributed by atoms with Gasteiger partial charge in [0.2, 0.25) is 5.75 Å². The average molecular weight is 666 g/mol. The van der Waals surface area contributed by atoms with Gasteiger partial charge in [-0.15, -0.1) is 0 Å². The molecule has 2 aliphatic heterocycles. The standard InChI is InChI=1S/C35H39NO10S/c1-6-16-45-33-30(44-17-10-9-15-36-34(37)24-11-7-8-12-25(24)35(36)38)20-23(21-31(33)47(5,39)40)27-14-13-26(46-27)22-18-28(41-2)32(43-4)29(19-22)42-3/h7-12,18-21,26-27H,6,13-17H2,1-5H3/t26-,27-/m1/s1. The van der Waals surface area contributed by atoms with Gasteiger partial charge in [-0.3, -0.25) is 14.5 Å². The number of amides is 2. The Bertz CT molecular complexity index is 1720. The minimum atomic E-state index is -3.72. The van der Waals surface area contributed by atoms with Gasteiger partial charge in [0.15, 0.2) is 32.8 Å². The van der Waals surface area contributed by atoms with Crippen LogP contribution < -0.4 is 23.7 Å². The molecule has 0 saturated carbocycles. The van der Waals surface area contributed by atoms with Crippen LogP contribution in [0.1, 0.15) is 70.2 Å². The molecule has 2 amide bonds. The van der Waals surface area contributed by atoms with Gasteiger partial charge in [0.1, 0.15) is 11.5 Å². The van der Waals surface area contributed by atoms with E-state index in [2.05, 4.69) is 0 Å². The summed E-state index contributed by atoms with van der Waals surface area (Å²) in [7, 11) is 0.921. The third-order valence-electron chi connectivity index (χ3n) is 8.01. The van der Waals surface area contributed by atoms with E-state index in [1.807, 2.05) is 19.1 Å². The zero-order chi connectivity index (χ0) is 33.7. The normalized spacial score (nSPS) is 17.7. The summed E-state index contributed by atoms with van der Waals surface area (Å²) in [6.07, 6.45) is 5.69. The number of rotatable bonds is 14. The Kier molecular flexibility index (Phi) is 10.4. The van der Waals surface area contributed by atoms with Crippen molar-refractivity contribution in [2.24, 2.45) is 0 Å². The van der Waals surface area contributed by atoms with Crippen molar-refractivity contribution in [2.75, 3.05) is 47.3 Å². The molecule has 47 heavy (non-hydrogen) atoms. The number of hydrogen-bond acceptors (Lipinski definition) is 10. The van der Waals surface area contributed by atoms with Crippen LogP contribution in [0.15, 0.2) is 65.6 Å². The molecule has 0 spiro atoms. The summed E-state index contributed by atoms with van der Waals surface area (Å²) >= 11 is 0. The highest BCUT2D eigenvalue weighted by atomic mass is 32.2. The Hall–Kier alpha value is -4.55. The molecule has 1 saturated heterocycles. The third kappa shape index (κ3) is 7.08. The molecule has 0 aromatic heterocycles. The van der Waals surface area contributed by atoms with Gasteiger partial charge in [-0.25, -0.2) is 8.42 Å². The molecule has 11 nitrogen and oxygen atoms in total. The maximum absolute atomic E-state index is 13.0. The Balaban J connectivity index is 1.37. The van der Waals surface area contributed by atoms with Crippen LogP contribution in [0.3, 0.4) is 0 Å². The summed E-state index contributed by atoms with van der Waals surface area (Å²) in [6, 6.07) is 13.7. The molecule has 2 aliphatic rings. The van der Waals surface area contributed by atoms with Crippen LogP contribution in [-0.4, -0.2) is 72.5 Å². The van der Waals surface area contributed by atoms with Crippen molar-refractivity contribution in [3.63, 3.8) is 0 Å². The van der Waals surface area contributed by atoms with Crippen molar-refractivity contribution >= 4 is 21.7 Å². The number of ether oxygens (including phenoxy) is 6. The maximum Gasteiger partial charge on any atom is 0.261 e. The van der Waals surface area contributed by atoms with E-state index in [0.29, 0.717) is 53.2 Å². The summed E-state index contributed by atoms with van der Waals surface area (Å²) in [5, 5.41) is 0. The summed E-state index contributed by atoms with van der Waals surface area (Å²) in [5.74, 6) is 1.19. The van der Waals surface area contributed by atoms with Crippen molar-refractivity contribution in [3.8, 4) is 28.7 Å². The molecule has 0 unspecified atom stereocenters. The van der Waals surface area contributed by atoms with Crippen molar-refractivity contribution in [2.45, 2.75) is 43.3 Å². The molecule has 1 fully saturated rings. The van der Waals surface area contributed by atoms with Gasteiger partial charge < -0.3 is 28.4 Å². The first-order valence-electron chi connectivity index (χ1n) is 15.3. The number of benzene rings is 3. The van der Waals surface area contributed by atoms with E-state index in [4.69, 9.17) is 28.4 Å². The fourth-order valence-electron chi connectivity index (χ4n) is 5.72. The van der Waals surface area contributed by atoms with Crippen molar-refractivity contribution in [3.05, 3.63) is 82.9 Å². The van der Waals surface area contributed by atoms with E-state index >= 15 is 0 Å². The van der Waals surface area contributed by atoms with E-state index in [-0.39, 0.29) is 54.1 Å². The predicted molar refractivity (Wildman–Crippen MR) is 174 cm³/mol. The van der Waals surface area contributed by atoms with Crippen LogP contribution in [0.5, 0.6) is 28.7 Å². The highest BCUT2D eigenvalue weighted by Gasteiger charge is 2.34. The van der Waals surface area contributed by atoms with Crippen LogP contribution in [0, 0.1) is 0 Å². The maximum atomic E-state index is 13.0. The molecule has 0 N–H and O–H groups in total. The SMILES string of the molecule is CCCOc1c(OCC=CCN2C(=O)c3ccccc3C2=O)cc([C@H]2CC[C@H](c3cc(OC)c(OC)c(OC)c3)O2)cc1S(C)(=O)=O. The van der Waals surface area contributed by atoms with E-state index in [0.717, 1.165) is 11.8 Å². The third-order valence-corrected chi connectivity index (χ3v) is 9.11. The molecule has 5 rings (SSSR count). The number of imide groups is 1. The second kappa shape index (κ2) is 14.5. The Morgan fingerprint density at radius 2 is 1.38 bits per heavy atom. The number of carbonyl (C=O) groups is 2. The first kappa shape index (κ1) is 33.8. The molecule has 12 heteroatoms. The molecule has 3 aromatic rings. The first-order chi connectivity index (χ1) is 22.6. The molecule has 0 radical (unpaired) electrons. The van der Waals surface area contributed by atoms with E-state index in [9.17, 15) is 18.0 Å². The van der Waals surface area contributed by atoms with Crippen LogP contribution >= 0.6 is 0 Å². The number of hydrogen-bond donors (Lipinski definition) is 0. The van der Waals surface area contributed by atoms with Gasteiger partial charge in [0.05, 0.1) is 51.3 Å². The first-order valence-corrected chi connectivity index (χ1v) is 17.2. The molecule has 3 aromatic carbocycles. The molecule has 2 heterocycles. The van der Waals surface area contributed by atoms with Crippen molar-refractivity contribution in [1.29, 1.82) is 0 Å². The lowest BCUT2D eigenvalue weighted by molar-refractivity contribution is 0.0435. The zero-order valence-corrected chi connectivity index (χ0v) is 27.9. The van der Waals surface area contributed by atoms with Gasteiger partial charge in [0, 0.05) is 12.8 Å². The summed E-state index contributed by atoms with van der Waals surface area (Å²) in [6.45, 7) is 2.32. The Labute approximate surface area is 274 Å². The molecular weight excluding hydrogens is 626 g/mol. The highest BCUT2D eigenvalue weighted by molar-refractivity contribution is 7.90. The molecule has 2 atom stereocenters. The van der Waals surface area contributed by atoms with Crippen LogP contribution in [0.4, 0.5) is 0 Å². The van der Waals surface area contributed by atoms with E-state index in [1.54, 1.807) is 69.9 Å². The smallest absolute Gasteiger partial charge is 0.261 e. The lowest BCUT2D eigenvalue weighted by Gasteiger charge is -2.21. The Morgan fingerprint density at radius 1 is 0.809 bits per heavy atom. The molecule has 0 aliphatic carbocycles. The number of nitrogens with zero attached hydrogens (tertiary/aromatic N) is 1. The van der Waals surface area contributed by atoms with E-state index < -0.39 is 15.9 Å². The number of fused-ring (bicyclic) bond motifs is 1. The minimum absolute atomic E-state index is 0.00768. The van der Waals surface area contributed by atoms with Gasteiger partial charge in [-0.2, -0.15) is 0 Å². The van der Waals surface area contributed by atoms with Crippen LogP contribution in [-0.2, 0) is 14.6 Å². The lowest BCUT2D eigenvalue weighted by Crippen LogP contribution is -2.29. The van der Waals surface area contributed by atoms with E-state index in [1.165, 1.54) is 4.90 Å². The van der Waals surface area contributed by atoms with Gasteiger partial charge in [-0.05, 0) is 72.9 Å². The van der Waals surface area contributed by atoms with Gasteiger partial charge >= 0.3 is 0 Å². The summed E-state index contributed by atoms with van der Waals surface area (Å²) in [5.41, 5.74) is 2.24. The van der Waals surface area contributed by atoms with Crippen molar-refractivity contribution < 1.29 is 46.4 Å². The fourth-order valence-corrected chi connectivity index (χ4v) is 6.56. The number of methoxy groups -OCH3 is 3. The largest absolute Gasteiger partial charge is 0.493 e. The summed E-state index contributed by atoms with van der Waals surface area (Å²) in [4.78, 5) is 26.5. The monoisotopic (exact) mass is 665 g/mol. The number of carbonyl (C=O) groups excluding carboxylic acids is 2. The van der Waals surface area contributed by atoms with Crippen LogP contribution in [0.25, 0.3) is 0 Å². The van der Waals surface area contributed by atoms with Gasteiger partial charge in [0.25, 0.3) is 11.8 Å². The molecule has 250 valence electrons. The molecular formula is C35H39NO10S. The number of sulfone groups is 1. The lowest BCUT2D eigenvalue weighted by atomic mass is 10.0. The highest BCUT2D eigenvalue weighted by Crippen LogP contribution is 2.48. The van der Waals surface area contributed by atoms with Crippen molar-refractivity contribution in [1.82, 2.24) is 4.90 Å². The predicted octanol–water partition coefficient (Wildman–Crippen LogP) is 5.73. The van der Waals surface area contributed by atoms with Gasteiger partial charge in [-0.1, -0.05) is 25.1 Å². The minimum Gasteiger partial charge on any atom is -0.493 e. The Morgan fingerprint density at radius 3 is 1.91 bits per heavy atom. The summed E-state index contributed by atoms with van der Waals surface area (Å²) < 4.78 is 61.0. The second-order valence-corrected chi connectivity index (χ2v) is 13.1. The topological polar surface area (TPSA) is 127 Å². The average Bonchev–Trinajstić information content (AvgIpc) is 3.66. The fraction of sp³-hybridized carbons (Fsp3) is 0.371. The quantitative estimate of drug-likeness (QED) is 0.156. The second-order valence-electron chi connectivity index (χ2n) is 11.2.